The van der Waals surface area contributed by atoms with Crippen LogP contribution < -0.4 is 5.32 Å². The van der Waals surface area contributed by atoms with Crippen LogP contribution in [0.1, 0.15) is 45.9 Å². The third-order valence-electron chi connectivity index (χ3n) is 4.39. The van der Waals surface area contributed by atoms with Gasteiger partial charge in [0.15, 0.2) is 0 Å². The first-order chi connectivity index (χ1) is 13.9. The number of allylic oxidation sites excluding steroid dienone is 1. The van der Waals surface area contributed by atoms with Crippen molar-refractivity contribution in [3.63, 3.8) is 0 Å². The number of sulfone groups is 1. The maximum atomic E-state index is 13.0. The van der Waals surface area contributed by atoms with E-state index in [9.17, 15) is 13.2 Å². The summed E-state index contributed by atoms with van der Waals surface area (Å²) in [5, 5.41) is 2.95. The Balaban J connectivity index is 2.36. The number of nitrogens with one attached hydrogen (secondary N) is 1. The molecule has 7 nitrogen and oxygen atoms in total. The van der Waals surface area contributed by atoms with Gasteiger partial charge in [0, 0.05) is 18.1 Å². The van der Waals surface area contributed by atoms with E-state index in [1.165, 1.54) is 6.20 Å². The molecule has 0 atom stereocenters. The van der Waals surface area contributed by atoms with Gasteiger partial charge in [0.2, 0.25) is 15.0 Å². The summed E-state index contributed by atoms with van der Waals surface area (Å²) in [6, 6.07) is 8.71. The predicted octanol–water partition coefficient (Wildman–Crippen LogP) is 3.76. The molecule has 2 rings (SSSR count). The second-order valence-corrected chi connectivity index (χ2v) is 10.5. The summed E-state index contributed by atoms with van der Waals surface area (Å²) in [4.78, 5) is 18.6. The molecule has 0 saturated carbocycles. The Kier molecular flexibility index (Phi) is 7.47. The van der Waals surface area contributed by atoms with E-state index >= 15 is 0 Å². The summed E-state index contributed by atoms with van der Waals surface area (Å²) in [7, 11) is -3.67. The Morgan fingerprint density at radius 2 is 1.90 bits per heavy atom. The van der Waals surface area contributed by atoms with Gasteiger partial charge in [-0.3, -0.25) is 0 Å². The average Bonchev–Trinajstić information content (AvgIpc) is 3.02. The molecule has 164 valence electrons. The summed E-state index contributed by atoms with van der Waals surface area (Å²) in [5.41, 5.74) is 0.954. The first-order valence-electron chi connectivity index (χ1n) is 9.95. The van der Waals surface area contributed by atoms with Gasteiger partial charge in [-0.05, 0) is 40.2 Å². The molecule has 0 aliphatic carbocycles. The third-order valence-corrected chi connectivity index (χ3v) is 5.98. The van der Waals surface area contributed by atoms with Crippen molar-refractivity contribution in [3.8, 4) is 0 Å². The summed E-state index contributed by atoms with van der Waals surface area (Å²) in [6.45, 7) is 13.9. The number of imidazole rings is 1. The van der Waals surface area contributed by atoms with Crippen molar-refractivity contribution in [1.82, 2.24) is 19.8 Å². The fourth-order valence-electron chi connectivity index (χ4n) is 3.01. The Hall–Kier alpha value is -2.61. The Labute approximate surface area is 179 Å². The van der Waals surface area contributed by atoms with Gasteiger partial charge in [-0.25, -0.2) is 18.2 Å². The number of carbonyl (C=O) groups is 1. The van der Waals surface area contributed by atoms with Crippen LogP contribution in [0.4, 0.5) is 4.79 Å². The predicted molar refractivity (Wildman–Crippen MR) is 119 cm³/mol. The summed E-state index contributed by atoms with van der Waals surface area (Å²) >= 11 is 0. The zero-order valence-electron chi connectivity index (χ0n) is 18.4. The van der Waals surface area contributed by atoms with Crippen LogP contribution in [0.5, 0.6) is 0 Å². The molecule has 8 heteroatoms. The van der Waals surface area contributed by atoms with E-state index in [2.05, 4.69) is 16.9 Å². The van der Waals surface area contributed by atoms with Crippen molar-refractivity contribution >= 4 is 15.9 Å². The second-order valence-electron chi connectivity index (χ2n) is 8.58. The van der Waals surface area contributed by atoms with Gasteiger partial charge in [-0.15, -0.1) is 6.58 Å². The molecule has 1 heterocycles. The highest BCUT2D eigenvalue weighted by atomic mass is 32.2. The molecule has 2 amide bonds. The Morgan fingerprint density at radius 3 is 2.43 bits per heavy atom. The van der Waals surface area contributed by atoms with Gasteiger partial charge in [-0.2, -0.15) is 0 Å². The Bertz CT molecular complexity index is 974. The molecule has 0 bridgehead atoms. The van der Waals surface area contributed by atoms with Crippen LogP contribution in [0.3, 0.4) is 0 Å². The van der Waals surface area contributed by atoms with Gasteiger partial charge in [-0.1, -0.05) is 36.4 Å². The minimum Gasteiger partial charge on any atom is -0.333 e. The van der Waals surface area contributed by atoms with Crippen molar-refractivity contribution in [2.75, 3.05) is 0 Å². The monoisotopic (exact) mass is 432 g/mol. The molecule has 0 fully saturated rings. The van der Waals surface area contributed by atoms with Gasteiger partial charge >= 0.3 is 6.03 Å². The molecular formula is C22H32N4O3S. The standard InChI is InChI=1S/C22H32N4O3S/c1-7-13-25-19(15-26(17(2)3)20(27)24-22(4,5)6)14-23-21(25)30(28,29)16-18-11-9-8-10-12-18/h7-12,14,17H,1,13,15-16H2,2-6H3,(H,24,27). The number of hydrogen-bond donors (Lipinski definition) is 1. The molecule has 0 aliphatic heterocycles. The SMILES string of the molecule is C=CCn1c(CN(C(=O)NC(C)(C)C)C(C)C)cnc1S(=O)(=O)Cc1ccccc1. The molecule has 0 unspecified atom stereocenters. The first kappa shape index (κ1) is 23.7. The number of urea groups is 1. The number of nitrogens with zero attached hydrogens (tertiary/aromatic N) is 3. The third kappa shape index (κ3) is 6.19. The Morgan fingerprint density at radius 1 is 1.27 bits per heavy atom. The van der Waals surface area contributed by atoms with E-state index in [-0.39, 0.29) is 41.6 Å². The highest BCUT2D eigenvalue weighted by Crippen LogP contribution is 2.20. The van der Waals surface area contributed by atoms with E-state index < -0.39 is 9.84 Å². The van der Waals surface area contributed by atoms with Gasteiger partial charge in [0.25, 0.3) is 0 Å². The van der Waals surface area contributed by atoms with E-state index in [0.717, 1.165) is 0 Å². The van der Waals surface area contributed by atoms with Crippen LogP contribution in [-0.2, 0) is 28.7 Å². The highest BCUT2D eigenvalue weighted by molar-refractivity contribution is 7.90. The second kappa shape index (κ2) is 9.47. The molecule has 1 aromatic heterocycles. The number of hydrogen-bond acceptors (Lipinski definition) is 4. The van der Waals surface area contributed by atoms with Gasteiger partial charge in [0.1, 0.15) is 0 Å². The molecule has 0 saturated heterocycles. The lowest BCUT2D eigenvalue weighted by Gasteiger charge is -2.31. The normalized spacial score (nSPS) is 12.1. The zero-order chi connectivity index (χ0) is 22.5. The fourth-order valence-corrected chi connectivity index (χ4v) is 4.51. The van der Waals surface area contributed by atoms with Crippen LogP contribution in [0.25, 0.3) is 0 Å². The quantitative estimate of drug-likeness (QED) is 0.644. The van der Waals surface area contributed by atoms with Crippen molar-refractivity contribution in [1.29, 1.82) is 0 Å². The number of aromatic nitrogens is 2. The highest BCUT2D eigenvalue weighted by Gasteiger charge is 2.27. The number of amides is 2. The largest absolute Gasteiger partial charge is 0.333 e. The average molecular weight is 433 g/mol. The van der Waals surface area contributed by atoms with Gasteiger partial charge < -0.3 is 14.8 Å². The number of carbonyl (C=O) groups excluding carboxylic acids is 1. The van der Waals surface area contributed by atoms with Gasteiger partial charge in [0.05, 0.1) is 24.2 Å². The van der Waals surface area contributed by atoms with Crippen LogP contribution >= 0.6 is 0 Å². The van der Waals surface area contributed by atoms with Crippen LogP contribution in [0.2, 0.25) is 0 Å². The number of benzene rings is 1. The lowest BCUT2D eigenvalue weighted by molar-refractivity contribution is 0.169. The topological polar surface area (TPSA) is 84.3 Å². The maximum absolute atomic E-state index is 13.0. The summed E-state index contributed by atoms with van der Waals surface area (Å²) in [6.07, 6.45) is 3.16. The van der Waals surface area contributed by atoms with Crippen LogP contribution in [-0.4, -0.2) is 40.5 Å². The first-order valence-corrected chi connectivity index (χ1v) is 11.6. The maximum Gasteiger partial charge on any atom is 0.318 e. The van der Waals surface area contributed by atoms with Crippen molar-refractivity contribution in [3.05, 3.63) is 60.4 Å². The molecule has 0 aliphatic rings. The lowest BCUT2D eigenvalue weighted by Crippen LogP contribution is -2.50. The minimum atomic E-state index is -3.67. The smallest absolute Gasteiger partial charge is 0.318 e. The van der Waals surface area contributed by atoms with Crippen LogP contribution in [0.15, 0.2) is 54.3 Å². The van der Waals surface area contributed by atoms with E-state index in [4.69, 9.17) is 0 Å². The van der Waals surface area contributed by atoms with Crippen molar-refractivity contribution in [2.45, 2.75) is 70.2 Å². The van der Waals surface area contributed by atoms with E-state index in [1.54, 1.807) is 39.8 Å². The fraction of sp³-hybridized carbons (Fsp3) is 0.455. The van der Waals surface area contributed by atoms with E-state index in [0.29, 0.717) is 11.3 Å². The molecule has 30 heavy (non-hydrogen) atoms. The molecule has 0 spiro atoms. The van der Waals surface area contributed by atoms with Crippen LogP contribution in [0, 0.1) is 0 Å². The lowest BCUT2D eigenvalue weighted by atomic mass is 10.1. The molecular weight excluding hydrogens is 400 g/mol. The number of rotatable bonds is 8. The minimum absolute atomic E-state index is 0.0128. The molecule has 0 radical (unpaired) electrons. The zero-order valence-corrected chi connectivity index (χ0v) is 19.2. The summed E-state index contributed by atoms with van der Waals surface area (Å²) in [5.74, 6) is -0.139. The van der Waals surface area contributed by atoms with E-state index in [1.807, 2.05) is 40.7 Å². The summed E-state index contributed by atoms with van der Waals surface area (Å²) < 4.78 is 27.7. The van der Waals surface area contributed by atoms with Crippen molar-refractivity contribution < 1.29 is 13.2 Å². The molecule has 2 aromatic rings. The molecule has 1 aromatic carbocycles. The van der Waals surface area contributed by atoms with Crippen molar-refractivity contribution in [2.24, 2.45) is 0 Å². The molecule has 1 N–H and O–H groups in total.